The molecule has 4 nitrogen and oxygen atoms in total. The molecule has 0 heterocycles. The zero-order valence-electron chi connectivity index (χ0n) is 11.9. The van der Waals surface area contributed by atoms with Crippen LogP contribution < -0.4 is 5.32 Å². The minimum absolute atomic E-state index is 0.174. The van der Waals surface area contributed by atoms with E-state index in [0.29, 0.717) is 29.5 Å². The number of benzene rings is 1. The molecule has 1 atom stereocenters. The largest absolute Gasteiger partial charge is 0.481 e. The van der Waals surface area contributed by atoms with Crippen molar-refractivity contribution in [2.24, 2.45) is 5.92 Å². The fourth-order valence-corrected chi connectivity index (χ4v) is 2.92. The number of carbonyl (C=O) groups is 2. The first-order valence-electron chi connectivity index (χ1n) is 6.88. The number of carbonyl (C=O) groups excluding carboxylic acids is 1. The van der Waals surface area contributed by atoms with Crippen LogP contribution in [0.1, 0.15) is 43.0 Å². The van der Waals surface area contributed by atoms with E-state index in [0.717, 1.165) is 17.3 Å². The van der Waals surface area contributed by atoms with E-state index in [1.54, 1.807) is 18.2 Å². The lowest BCUT2D eigenvalue weighted by Crippen LogP contribution is -2.26. The molecule has 1 amide bonds. The molecule has 21 heavy (non-hydrogen) atoms. The molecule has 1 aromatic carbocycles. The molecule has 116 valence electrons. The van der Waals surface area contributed by atoms with E-state index in [1.165, 1.54) is 0 Å². The van der Waals surface area contributed by atoms with Crippen LogP contribution in [0.2, 0.25) is 5.02 Å². The number of amides is 1. The summed E-state index contributed by atoms with van der Waals surface area (Å²) in [5.74, 6) is -0.639. The van der Waals surface area contributed by atoms with Gasteiger partial charge in [-0.2, -0.15) is 0 Å². The summed E-state index contributed by atoms with van der Waals surface area (Å²) in [5, 5.41) is 12.0. The molecule has 1 rings (SSSR count). The summed E-state index contributed by atoms with van der Waals surface area (Å²) in [6, 6.07) is 5.05. The molecular formula is C15H19BrClNO3. The van der Waals surface area contributed by atoms with Gasteiger partial charge in [-0.15, -0.1) is 0 Å². The number of halogens is 2. The SMILES string of the molecule is CCC(CCNC(=O)c1cc(Cl)cc(Br)c1)CCC(=O)O. The first kappa shape index (κ1) is 18.0. The van der Waals surface area contributed by atoms with Crippen LogP contribution in [0.25, 0.3) is 0 Å². The average molecular weight is 377 g/mol. The van der Waals surface area contributed by atoms with Crippen LogP contribution in [-0.4, -0.2) is 23.5 Å². The van der Waals surface area contributed by atoms with Gasteiger partial charge in [-0.3, -0.25) is 9.59 Å². The molecule has 2 N–H and O–H groups in total. The van der Waals surface area contributed by atoms with Crippen molar-refractivity contribution in [3.8, 4) is 0 Å². The summed E-state index contributed by atoms with van der Waals surface area (Å²) in [7, 11) is 0. The van der Waals surface area contributed by atoms with E-state index in [-0.39, 0.29) is 12.3 Å². The fourth-order valence-electron chi connectivity index (χ4n) is 2.06. The Balaban J connectivity index is 2.43. The lowest BCUT2D eigenvalue weighted by molar-refractivity contribution is -0.137. The molecule has 0 aliphatic rings. The molecule has 0 aliphatic heterocycles. The van der Waals surface area contributed by atoms with Crippen LogP contribution in [0.15, 0.2) is 22.7 Å². The smallest absolute Gasteiger partial charge is 0.303 e. The quantitative estimate of drug-likeness (QED) is 0.717. The third-order valence-corrected chi connectivity index (χ3v) is 3.98. The van der Waals surface area contributed by atoms with Gasteiger partial charge in [0.25, 0.3) is 5.91 Å². The molecule has 0 fully saturated rings. The molecule has 0 radical (unpaired) electrons. The topological polar surface area (TPSA) is 66.4 Å². The molecule has 0 bridgehead atoms. The van der Waals surface area contributed by atoms with Crippen molar-refractivity contribution in [1.82, 2.24) is 5.32 Å². The van der Waals surface area contributed by atoms with Crippen molar-refractivity contribution >= 4 is 39.4 Å². The third kappa shape index (κ3) is 6.96. The Kier molecular flexibility index (Phi) is 7.75. The van der Waals surface area contributed by atoms with Crippen molar-refractivity contribution in [3.63, 3.8) is 0 Å². The lowest BCUT2D eigenvalue weighted by Gasteiger charge is -2.14. The van der Waals surface area contributed by atoms with Gasteiger partial charge in [0, 0.05) is 28.0 Å². The minimum atomic E-state index is -0.777. The van der Waals surface area contributed by atoms with Gasteiger partial charge in [0.05, 0.1) is 0 Å². The maximum Gasteiger partial charge on any atom is 0.303 e. The van der Waals surface area contributed by atoms with Crippen LogP contribution in [0.4, 0.5) is 0 Å². The van der Waals surface area contributed by atoms with E-state index in [2.05, 4.69) is 21.2 Å². The fraction of sp³-hybridized carbons (Fsp3) is 0.467. The van der Waals surface area contributed by atoms with Gasteiger partial charge >= 0.3 is 5.97 Å². The van der Waals surface area contributed by atoms with Crippen LogP contribution >= 0.6 is 27.5 Å². The van der Waals surface area contributed by atoms with E-state index in [4.69, 9.17) is 16.7 Å². The summed E-state index contributed by atoms with van der Waals surface area (Å²) < 4.78 is 0.757. The number of aliphatic carboxylic acids is 1. The van der Waals surface area contributed by atoms with Gasteiger partial charge in [0.1, 0.15) is 0 Å². The van der Waals surface area contributed by atoms with Gasteiger partial charge in [0.15, 0.2) is 0 Å². The van der Waals surface area contributed by atoms with Crippen molar-refractivity contribution in [1.29, 1.82) is 0 Å². The predicted octanol–water partition coefficient (Wildman–Crippen LogP) is 4.11. The highest BCUT2D eigenvalue weighted by atomic mass is 79.9. The normalized spacial score (nSPS) is 12.0. The Morgan fingerprint density at radius 2 is 2.05 bits per heavy atom. The summed E-state index contributed by atoms with van der Waals surface area (Å²) in [4.78, 5) is 22.6. The van der Waals surface area contributed by atoms with Gasteiger partial charge in [0.2, 0.25) is 0 Å². The molecule has 0 aliphatic carbocycles. The van der Waals surface area contributed by atoms with Crippen LogP contribution in [-0.2, 0) is 4.79 Å². The van der Waals surface area contributed by atoms with E-state index in [1.807, 2.05) is 6.92 Å². The van der Waals surface area contributed by atoms with Gasteiger partial charge < -0.3 is 10.4 Å². The average Bonchev–Trinajstić information content (AvgIpc) is 2.41. The molecule has 0 saturated carbocycles. The van der Waals surface area contributed by atoms with Crippen LogP contribution in [0.3, 0.4) is 0 Å². The Bertz CT molecular complexity index is 487. The van der Waals surface area contributed by atoms with Crippen molar-refractivity contribution in [2.45, 2.75) is 32.6 Å². The summed E-state index contributed by atoms with van der Waals surface area (Å²) in [5.41, 5.74) is 0.507. The van der Waals surface area contributed by atoms with Crippen LogP contribution in [0.5, 0.6) is 0 Å². The summed E-state index contributed by atoms with van der Waals surface area (Å²) >= 11 is 9.20. The van der Waals surface area contributed by atoms with E-state index in [9.17, 15) is 9.59 Å². The second-order valence-electron chi connectivity index (χ2n) is 4.91. The van der Waals surface area contributed by atoms with Gasteiger partial charge in [-0.1, -0.05) is 40.9 Å². The number of carboxylic acid groups (broad SMARTS) is 1. The number of carboxylic acids is 1. The van der Waals surface area contributed by atoms with Crippen molar-refractivity contribution < 1.29 is 14.7 Å². The first-order chi connectivity index (χ1) is 9.92. The highest BCUT2D eigenvalue weighted by Crippen LogP contribution is 2.20. The lowest BCUT2D eigenvalue weighted by atomic mass is 9.96. The number of hydrogen-bond acceptors (Lipinski definition) is 2. The molecule has 6 heteroatoms. The maximum absolute atomic E-state index is 12.0. The summed E-state index contributed by atoms with van der Waals surface area (Å²) in [6.07, 6.45) is 2.50. The Hall–Kier alpha value is -1.07. The highest BCUT2D eigenvalue weighted by Gasteiger charge is 2.11. The zero-order chi connectivity index (χ0) is 15.8. The molecule has 0 spiro atoms. The Labute approximate surface area is 138 Å². The number of nitrogens with one attached hydrogen (secondary N) is 1. The predicted molar refractivity (Wildman–Crippen MR) is 86.8 cm³/mol. The number of rotatable bonds is 8. The first-order valence-corrected chi connectivity index (χ1v) is 8.05. The van der Waals surface area contributed by atoms with E-state index >= 15 is 0 Å². The maximum atomic E-state index is 12.0. The van der Waals surface area contributed by atoms with Gasteiger partial charge in [-0.25, -0.2) is 0 Å². The monoisotopic (exact) mass is 375 g/mol. The zero-order valence-corrected chi connectivity index (χ0v) is 14.2. The van der Waals surface area contributed by atoms with Crippen LogP contribution in [0, 0.1) is 5.92 Å². The minimum Gasteiger partial charge on any atom is -0.481 e. The molecule has 1 unspecified atom stereocenters. The molecular weight excluding hydrogens is 358 g/mol. The molecule has 0 aromatic heterocycles. The second-order valence-corrected chi connectivity index (χ2v) is 6.26. The standard InChI is InChI=1S/C15H19BrClNO3/c1-2-10(3-4-14(19)20)5-6-18-15(21)11-7-12(16)9-13(17)8-11/h7-10H,2-6H2,1H3,(H,18,21)(H,19,20). The van der Waals surface area contributed by atoms with E-state index < -0.39 is 5.97 Å². The van der Waals surface area contributed by atoms with Gasteiger partial charge in [-0.05, 0) is 37.0 Å². The van der Waals surface area contributed by atoms with Crippen molar-refractivity contribution in [2.75, 3.05) is 6.54 Å². The number of hydrogen-bond donors (Lipinski definition) is 2. The third-order valence-electron chi connectivity index (χ3n) is 3.31. The summed E-state index contributed by atoms with van der Waals surface area (Å²) in [6.45, 7) is 2.56. The van der Waals surface area contributed by atoms with Crippen molar-refractivity contribution in [3.05, 3.63) is 33.3 Å². The highest BCUT2D eigenvalue weighted by molar-refractivity contribution is 9.10. The molecule has 0 saturated heterocycles. The Morgan fingerprint density at radius 1 is 1.33 bits per heavy atom. The Morgan fingerprint density at radius 3 is 2.62 bits per heavy atom. The second kappa shape index (κ2) is 9.05. The molecule has 1 aromatic rings.